The third-order valence-electron chi connectivity index (χ3n) is 2.58. The molecule has 1 saturated heterocycles. The van der Waals surface area contributed by atoms with Crippen molar-refractivity contribution in [3.05, 3.63) is 23.4 Å². The fourth-order valence-electron chi connectivity index (χ4n) is 1.91. The number of nitrogens with two attached hydrogens (primary N) is 1. The van der Waals surface area contributed by atoms with Gasteiger partial charge in [-0.1, -0.05) is 6.07 Å². The van der Waals surface area contributed by atoms with E-state index in [1.165, 1.54) is 18.4 Å². The number of anilines is 1. The van der Waals surface area contributed by atoms with Crippen LogP contribution in [-0.4, -0.2) is 11.5 Å². The van der Waals surface area contributed by atoms with Crippen LogP contribution in [-0.2, 0) is 0 Å². The Morgan fingerprint density at radius 3 is 3.00 bits per heavy atom. The highest BCUT2D eigenvalue weighted by atomic mass is 14.9. The molecule has 1 atom stereocenters. The number of rotatable bonds is 1. The first-order chi connectivity index (χ1) is 6.27. The molecule has 2 rings (SSSR count). The molecule has 0 amide bonds. The SMILES string of the molecule is Cc1nc(N)ccc1[C@H]1CCCN1. The van der Waals surface area contributed by atoms with Gasteiger partial charge in [-0.05, 0) is 37.9 Å². The molecule has 1 aliphatic rings. The van der Waals surface area contributed by atoms with Gasteiger partial charge in [-0.2, -0.15) is 0 Å². The lowest BCUT2D eigenvalue weighted by molar-refractivity contribution is 0.640. The van der Waals surface area contributed by atoms with Gasteiger partial charge in [-0.25, -0.2) is 4.98 Å². The highest BCUT2D eigenvalue weighted by Gasteiger charge is 2.18. The van der Waals surface area contributed by atoms with Gasteiger partial charge in [0.05, 0.1) is 0 Å². The van der Waals surface area contributed by atoms with Crippen molar-refractivity contribution in [1.29, 1.82) is 0 Å². The van der Waals surface area contributed by atoms with Gasteiger partial charge in [0.25, 0.3) is 0 Å². The molecule has 3 heteroatoms. The summed E-state index contributed by atoms with van der Waals surface area (Å²) in [4.78, 5) is 4.26. The van der Waals surface area contributed by atoms with Crippen LogP contribution in [0.3, 0.4) is 0 Å². The molecule has 0 bridgehead atoms. The molecule has 0 unspecified atom stereocenters. The molecule has 70 valence electrons. The van der Waals surface area contributed by atoms with Crippen molar-refractivity contribution in [2.24, 2.45) is 0 Å². The number of pyridine rings is 1. The highest BCUT2D eigenvalue weighted by Crippen LogP contribution is 2.25. The molecule has 0 spiro atoms. The predicted octanol–water partition coefficient (Wildman–Crippen LogP) is 1.40. The normalized spacial score (nSPS) is 22.1. The van der Waals surface area contributed by atoms with Crippen LogP contribution in [0.1, 0.15) is 30.1 Å². The standard InChI is InChI=1S/C10H15N3/c1-7-8(4-5-10(11)13-7)9-3-2-6-12-9/h4-5,9,12H,2-3,6H2,1H3,(H2,11,13)/t9-/m1/s1. The van der Waals surface area contributed by atoms with E-state index in [-0.39, 0.29) is 0 Å². The summed E-state index contributed by atoms with van der Waals surface area (Å²) in [5, 5.41) is 3.45. The van der Waals surface area contributed by atoms with E-state index in [9.17, 15) is 0 Å². The molecule has 3 nitrogen and oxygen atoms in total. The Hall–Kier alpha value is -1.09. The first-order valence-electron chi connectivity index (χ1n) is 4.74. The molecule has 1 aromatic heterocycles. The second-order valence-corrected chi connectivity index (χ2v) is 3.56. The van der Waals surface area contributed by atoms with Crippen molar-refractivity contribution in [3.63, 3.8) is 0 Å². The average molecular weight is 177 g/mol. The Morgan fingerprint density at radius 1 is 1.54 bits per heavy atom. The molecule has 1 fully saturated rings. The topological polar surface area (TPSA) is 50.9 Å². The van der Waals surface area contributed by atoms with Crippen molar-refractivity contribution < 1.29 is 0 Å². The smallest absolute Gasteiger partial charge is 0.123 e. The monoisotopic (exact) mass is 177 g/mol. The summed E-state index contributed by atoms with van der Waals surface area (Å²) in [5.74, 6) is 0.610. The van der Waals surface area contributed by atoms with Crippen molar-refractivity contribution in [3.8, 4) is 0 Å². The van der Waals surface area contributed by atoms with Gasteiger partial charge in [-0.3, -0.25) is 0 Å². The second-order valence-electron chi connectivity index (χ2n) is 3.56. The largest absolute Gasteiger partial charge is 0.384 e. The van der Waals surface area contributed by atoms with Crippen molar-refractivity contribution in [1.82, 2.24) is 10.3 Å². The molecular weight excluding hydrogens is 162 g/mol. The van der Waals surface area contributed by atoms with E-state index in [4.69, 9.17) is 5.73 Å². The van der Waals surface area contributed by atoms with E-state index in [2.05, 4.69) is 16.4 Å². The zero-order chi connectivity index (χ0) is 9.26. The summed E-state index contributed by atoms with van der Waals surface area (Å²) in [7, 11) is 0. The first kappa shape index (κ1) is 8.51. The number of hydrogen-bond donors (Lipinski definition) is 2. The minimum atomic E-state index is 0.494. The zero-order valence-corrected chi connectivity index (χ0v) is 7.88. The van der Waals surface area contributed by atoms with Crippen molar-refractivity contribution in [2.45, 2.75) is 25.8 Å². The number of aryl methyl sites for hydroxylation is 1. The summed E-state index contributed by atoms with van der Waals surface area (Å²) in [5.41, 5.74) is 7.95. The van der Waals surface area contributed by atoms with Gasteiger partial charge in [0, 0.05) is 11.7 Å². The molecule has 1 aliphatic heterocycles. The maximum atomic E-state index is 5.59. The molecular formula is C10H15N3. The third-order valence-corrected chi connectivity index (χ3v) is 2.58. The van der Waals surface area contributed by atoms with Gasteiger partial charge in [0.15, 0.2) is 0 Å². The summed E-state index contributed by atoms with van der Waals surface area (Å²) in [6.45, 7) is 3.14. The van der Waals surface area contributed by atoms with Gasteiger partial charge in [0.1, 0.15) is 5.82 Å². The lowest BCUT2D eigenvalue weighted by Crippen LogP contribution is -2.14. The number of hydrogen-bond acceptors (Lipinski definition) is 3. The van der Waals surface area contributed by atoms with E-state index in [1.54, 1.807) is 0 Å². The van der Waals surface area contributed by atoms with Crippen LogP contribution in [0.15, 0.2) is 12.1 Å². The minimum Gasteiger partial charge on any atom is -0.384 e. The van der Waals surface area contributed by atoms with Gasteiger partial charge in [0.2, 0.25) is 0 Å². The van der Waals surface area contributed by atoms with Crippen LogP contribution >= 0.6 is 0 Å². The van der Waals surface area contributed by atoms with Crippen LogP contribution in [0.2, 0.25) is 0 Å². The minimum absolute atomic E-state index is 0.494. The third kappa shape index (κ3) is 1.65. The second kappa shape index (κ2) is 3.34. The Bertz CT molecular complexity index is 303. The van der Waals surface area contributed by atoms with E-state index in [0.717, 1.165) is 12.2 Å². The fraction of sp³-hybridized carbons (Fsp3) is 0.500. The molecule has 0 aromatic carbocycles. The lowest BCUT2D eigenvalue weighted by Gasteiger charge is -2.12. The molecule has 13 heavy (non-hydrogen) atoms. The molecule has 0 saturated carbocycles. The van der Waals surface area contributed by atoms with Gasteiger partial charge >= 0.3 is 0 Å². The summed E-state index contributed by atoms with van der Waals surface area (Å²) in [6, 6.07) is 4.45. The van der Waals surface area contributed by atoms with Crippen LogP contribution in [0.4, 0.5) is 5.82 Å². The Kier molecular flexibility index (Phi) is 2.19. The van der Waals surface area contributed by atoms with Gasteiger partial charge < -0.3 is 11.1 Å². The van der Waals surface area contributed by atoms with E-state index in [0.29, 0.717) is 11.9 Å². The quantitative estimate of drug-likeness (QED) is 0.681. The lowest BCUT2D eigenvalue weighted by atomic mass is 10.0. The van der Waals surface area contributed by atoms with Crippen LogP contribution in [0.5, 0.6) is 0 Å². The average Bonchev–Trinajstić information content (AvgIpc) is 2.56. The summed E-state index contributed by atoms with van der Waals surface area (Å²) >= 11 is 0. The molecule has 0 aliphatic carbocycles. The van der Waals surface area contributed by atoms with Crippen LogP contribution in [0, 0.1) is 6.92 Å². The van der Waals surface area contributed by atoms with E-state index in [1.807, 2.05) is 13.0 Å². The van der Waals surface area contributed by atoms with E-state index < -0.39 is 0 Å². The highest BCUT2D eigenvalue weighted by molar-refractivity contribution is 5.35. The van der Waals surface area contributed by atoms with Crippen LogP contribution in [0.25, 0.3) is 0 Å². The number of aromatic nitrogens is 1. The molecule has 0 radical (unpaired) electrons. The van der Waals surface area contributed by atoms with Crippen LogP contribution < -0.4 is 11.1 Å². The maximum absolute atomic E-state index is 5.59. The first-order valence-corrected chi connectivity index (χ1v) is 4.74. The fourth-order valence-corrected chi connectivity index (χ4v) is 1.91. The van der Waals surface area contributed by atoms with Crippen molar-refractivity contribution >= 4 is 5.82 Å². The van der Waals surface area contributed by atoms with Gasteiger partial charge in [-0.15, -0.1) is 0 Å². The molecule has 2 heterocycles. The Morgan fingerprint density at radius 2 is 2.38 bits per heavy atom. The predicted molar refractivity (Wildman–Crippen MR) is 53.4 cm³/mol. The number of nitrogens with one attached hydrogen (secondary N) is 1. The maximum Gasteiger partial charge on any atom is 0.123 e. The van der Waals surface area contributed by atoms with E-state index >= 15 is 0 Å². The molecule has 1 aromatic rings. The zero-order valence-electron chi connectivity index (χ0n) is 7.88. The Balaban J connectivity index is 2.29. The number of nitrogen functional groups attached to an aromatic ring is 1. The van der Waals surface area contributed by atoms with Crippen molar-refractivity contribution in [2.75, 3.05) is 12.3 Å². The summed E-state index contributed by atoms with van der Waals surface area (Å²) in [6.07, 6.45) is 2.47. The Labute approximate surface area is 78.4 Å². The summed E-state index contributed by atoms with van der Waals surface area (Å²) < 4.78 is 0. The number of nitrogens with zero attached hydrogens (tertiary/aromatic N) is 1. The molecule has 3 N–H and O–H groups in total.